The third-order valence-electron chi connectivity index (χ3n) is 6.49. The predicted octanol–water partition coefficient (Wildman–Crippen LogP) is 5.16. The lowest BCUT2D eigenvalue weighted by Crippen LogP contribution is -2.47. The minimum Gasteiger partial charge on any atom is -0.480 e. The van der Waals surface area contributed by atoms with Gasteiger partial charge < -0.3 is 14.8 Å². The topological polar surface area (TPSA) is 68.1 Å². The van der Waals surface area contributed by atoms with Gasteiger partial charge in [0.2, 0.25) is 5.88 Å². The zero-order valence-corrected chi connectivity index (χ0v) is 18.7. The molecule has 6 heteroatoms. The zero-order chi connectivity index (χ0) is 21.1. The molecule has 1 aromatic heterocycles. The van der Waals surface area contributed by atoms with E-state index in [2.05, 4.69) is 34.6 Å². The molecule has 6 nitrogen and oxygen atoms in total. The number of hydrogen-bond acceptors (Lipinski definition) is 6. The average molecular weight is 415 g/mol. The first-order valence-electron chi connectivity index (χ1n) is 11.6. The first-order chi connectivity index (χ1) is 14.7. The predicted molar refractivity (Wildman–Crippen MR) is 120 cm³/mol. The fourth-order valence-electron chi connectivity index (χ4n) is 4.93. The van der Waals surface area contributed by atoms with Gasteiger partial charge in [-0.05, 0) is 76.2 Å². The Morgan fingerprint density at radius 3 is 2.87 bits per heavy atom. The molecule has 2 aliphatic rings. The Morgan fingerprint density at radius 2 is 2.13 bits per heavy atom. The summed E-state index contributed by atoms with van der Waals surface area (Å²) in [6.45, 7) is 5.54. The van der Waals surface area contributed by atoms with E-state index in [4.69, 9.17) is 14.5 Å². The Kier molecular flexibility index (Phi) is 8.82. The summed E-state index contributed by atoms with van der Waals surface area (Å²) in [4.78, 5) is 4.78. The van der Waals surface area contributed by atoms with Crippen LogP contribution in [0.5, 0.6) is 0 Å². The molecule has 30 heavy (non-hydrogen) atoms. The van der Waals surface area contributed by atoms with E-state index in [0.717, 1.165) is 58.3 Å². The van der Waals surface area contributed by atoms with Crippen molar-refractivity contribution in [2.45, 2.75) is 75.7 Å². The van der Waals surface area contributed by atoms with E-state index in [0.29, 0.717) is 5.88 Å². The molecule has 3 rings (SSSR count). The second-order valence-electron chi connectivity index (χ2n) is 8.66. The van der Waals surface area contributed by atoms with Crippen molar-refractivity contribution in [3.05, 3.63) is 42.0 Å². The van der Waals surface area contributed by atoms with Crippen LogP contribution in [0.4, 0.5) is 0 Å². The average Bonchev–Trinajstić information content (AvgIpc) is 3.22. The molecule has 1 unspecified atom stereocenters. The maximum atomic E-state index is 6.34. The molecular weight excluding hydrogens is 376 g/mol. The molecule has 1 aliphatic carbocycles. The van der Waals surface area contributed by atoms with E-state index in [1.807, 2.05) is 18.3 Å². The Hall–Kier alpha value is -1.79. The highest BCUT2D eigenvalue weighted by Gasteiger charge is 2.48. The Morgan fingerprint density at radius 1 is 1.27 bits per heavy atom. The first-order valence-corrected chi connectivity index (χ1v) is 11.6. The van der Waals surface area contributed by atoms with Gasteiger partial charge in [-0.25, -0.2) is 0 Å². The molecule has 1 spiro atoms. The van der Waals surface area contributed by atoms with E-state index < -0.39 is 0 Å². The second-order valence-corrected chi connectivity index (χ2v) is 8.66. The van der Waals surface area contributed by atoms with Crippen LogP contribution in [-0.2, 0) is 14.9 Å². The molecule has 1 atom stereocenters. The lowest BCUT2D eigenvalue weighted by atomic mass is 9.68. The summed E-state index contributed by atoms with van der Waals surface area (Å²) in [6, 6.07) is 6.35. The number of methoxy groups -OCH3 is 1. The third-order valence-corrected chi connectivity index (χ3v) is 6.49. The van der Waals surface area contributed by atoms with Crippen molar-refractivity contribution in [2.75, 3.05) is 33.4 Å². The van der Waals surface area contributed by atoms with Gasteiger partial charge in [0, 0.05) is 23.9 Å². The molecule has 0 radical (unpaired) electrons. The fourth-order valence-corrected chi connectivity index (χ4v) is 4.93. The van der Waals surface area contributed by atoms with Gasteiger partial charge in [-0.3, -0.25) is 4.98 Å². The van der Waals surface area contributed by atoms with Crippen molar-refractivity contribution in [1.29, 1.82) is 0 Å². The van der Waals surface area contributed by atoms with Crippen LogP contribution in [0, 0.1) is 0 Å². The molecule has 1 N–H and O–H groups in total. The van der Waals surface area contributed by atoms with Crippen LogP contribution in [0.15, 0.2) is 46.6 Å². The molecule has 2 heterocycles. The van der Waals surface area contributed by atoms with Gasteiger partial charge in [-0.2, -0.15) is 5.11 Å². The molecule has 1 aliphatic heterocycles. The Labute approximate surface area is 181 Å². The summed E-state index contributed by atoms with van der Waals surface area (Å²) in [5, 5.41) is 11.8. The van der Waals surface area contributed by atoms with E-state index in [-0.39, 0.29) is 11.0 Å². The lowest BCUT2D eigenvalue weighted by Gasteiger charge is -2.46. The number of ether oxygens (including phenoxy) is 2. The highest BCUT2D eigenvalue weighted by molar-refractivity contribution is 5.20. The fraction of sp³-hybridized carbons (Fsp3) is 0.708. The van der Waals surface area contributed by atoms with Gasteiger partial charge in [0.25, 0.3) is 0 Å². The summed E-state index contributed by atoms with van der Waals surface area (Å²) in [7, 11) is 1.64. The zero-order valence-electron chi connectivity index (χ0n) is 18.7. The number of hydrogen-bond donors (Lipinski definition) is 1. The molecular formula is C24H38N4O2. The van der Waals surface area contributed by atoms with Gasteiger partial charge in [0.15, 0.2) is 0 Å². The van der Waals surface area contributed by atoms with Crippen LogP contribution in [0.1, 0.15) is 70.4 Å². The molecule has 0 aromatic carbocycles. The SMILES string of the molecule is CCC/N=N\C(=C/CCNCCC1(c2ccccn2)CCOC2(CCCC2)C1)OC. The smallest absolute Gasteiger partial charge is 0.228 e. The van der Waals surface area contributed by atoms with Crippen molar-refractivity contribution < 1.29 is 9.47 Å². The maximum Gasteiger partial charge on any atom is 0.228 e. The van der Waals surface area contributed by atoms with Gasteiger partial charge >= 0.3 is 0 Å². The van der Waals surface area contributed by atoms with Crippen molar-refractivity contribution in [3.63, 3.8) is 0 Å². The molecule has 0 bridgehead atoms. The van der Waals surface area contributed by atoms with Gasteiger partial charge in [0.05, 0.1) is 19.3 Å². The molecule has 2 fully saturated rings. The van der Waals surface area contributed by atoms with Crippen molar-refractivity contribution in [2.24, 2.45) is 10.2 Å². The van der Waals surface area contributed by atoms with Gasteiger partial charge in [-0.15, -0.1) is 5.11 Å². The molecule has 1 saturated heterocycles. The minimum atomic E-state index is 0.0787. The Bertz CT molecular complexity index is 686. The summed E-state index contributed by atoms with van der Waals surface area (Å²) >= 11 is 0. The van der Waals surface area contributed by atoms with Crippen LogP contribution in [0.3, 0.4) is 0 Å². The monoisotopic (exact) mass is 414 g/mol. The van der Waals surface area contributed by atoms with Crippen molar-refractivity contribution >= 4 is 0 Å². The normalized spacial score (nSPS) is 24.0. The van der Waals surface area contributed by atoms with Gasteiger partial charge in [-0.1, -0.05) is 25.8 Å². The van der Waals surface area contributed by atoms with E-state index in [9.17, 15) is 0 Å². The van der Waals surface area contributed by atoms with Crippen LogP contribution < -0.4 is 5.32 Å². The number of pyridine rings is 1. The van der Waals surface area contributed by atoms with E-state index >= 15 is 0 Å². The van der Waals surface area contributed by atoms with Crippen LogP contribution >= 0.6 is 0 Å². The largest absolute Gasteiger partial charge is 0.480 e. The molecule has 166 valence electrons. The van der Waals surface area contributed by atoms with Crippen LogP contribution in [0.2, 0.25) is 0 Å². The van der Waals surface area contributed by atoms with E-state index in [1.54, 1.807) is 7.11 Å². The van der Waals surface area contributed by atoms with Crippen molar-refractivity contribution in [1.82, 2.24) is 10.3 Å². The number of azo groups is 1. The second kappa shape index (κ2) is 11.6. The van der Waals surface area contributed by atoms with E-state index in [1.165, 1.54) is 31.4 Å². The summed E-state index contributed by atoms with van der Waals surface area (Å²) in [6.07, 6.45) is 14.0. The lowest BCUT2D eigenvalue weighted by molar-refractivity contribution is -0.104. The number of nitrogens with one attached hydrogen (secondary N) is 1. The quantitative estimate of drug-likeness (QED) is 0.308. The number of nitrogens with zero attached hydrogens (tertiary/aromatic N) is 3. The molecule has 1 saturated carbocycles. The number of rotatable bonds is 11. The molecule has 1 aromatic rings. The standard InChI is InChI=1S/C24H38N4O2/c1-3-15-27-28-22(29-2)10-8-16-25-18-13-23(21-9-4-7-17-26-21)14-19-30-24(20-23)11-5-6-12-24/h4,7,9-10,17,25H,3,5-6,8,11-16,18-20H2,1-2H3/b22-10+,28-27-. The highest BCUT2D eigenvalue weighted by Crippen LogP contribution is 2.49. The maximum absolute atomic E-state index is 6.34. The van der Waals surface area contributed by atoms with Crippen LogP contribution in [-0.4, -0.2) is 43.9 Å². The van der Waals surface area contributed by atoms with Crippen LogP contribution in [0.25, 0.3) is 0 Å². The highest BCUT2D eigenvalue weighted by atomic mass is 16.5. The number of aromatic nitrogens is 1. The van der Waals surface area contributed by atoms with Crippen molar-refractivity contribution in [3.8, 4) is 0 Å². The third kappa shape index (κ3) is 6.11. The van der Waals surface area contributed by atoms with Gasteiger partial charge in [0.1, 0.15) is 0 Å². The summed E-state index contributed by atoms with van der Waals surface area (Å²) in [5.41, 5.74) is 1.42. The Balaban J connectivity index is 1.55. The summed E-state index contributed by atoms with van der Waals surface area (Å²) in [5.74, 6) is 0.600. The minimum absolute atomic E-state index is 0.0787. The molecule has 0 amide bonds. The summed E-state index contributed by atoms with van der Waals surface area (Å²) < 4.78 is 11.6. The first kappa shape index (κ1) is 22.9.